The van der Waals surface area contributed by atoms with Crippen molar-refractivity contribution in [2.24, 2.45) is 5.92 Å². The zero-order valence-electron chi connectivity index (χ0n) is 8.31. The maximum absolute atomic E-state index is 11.6. The summed E-state index contributed by atoms with van der Waals surface area (Å²) in [5, 5.41) is 0. The van der Waals surface area contributed by atoms with Gasteiger partial charge in [-0.2, -0.15) is 0 Å². The molecule has 2 rings (SSSR count). The van der Waals surface area contributed by atoms with Crippen LogP contribution in [0.3, 0.4) is 0 Å². The molecule has 1 amide bonds. The first-order chi connectivity index (χ1) is 6.77. The zero-order valence-corrected chi connectivity index (χ0v) is 8.31. The molecular formula is C11H14N2O. The second-order valence-electron chi connectivity index (χ2n) is 3.77. The molecule has 1 unspecified atom stereocenters. The van der Waals surface area contributed by atoms with Crippen molar-refractivity contribution in [3.05, 3.63) is 30.1 Å². The fourth-order valence-electron chi connectivity index (χ4n) is 1.86. The molecule has 14 heavy (non-hydrogen) atoms. The van der Waals surface area contributed by atoms with E-state index in [9.17, 15) is 4.79 Å². The predicted molar refractivity (Wildman–Crippen MR) is 53.7 cm³/mol. The van der Waals surface area contributed by atoms with Gasteiger partial charge in [0.15, 0.2) is 0 Å². The van der Waals surface area contributed by atoms with Crippen LogP contribution in [0.5, 0.6) is 0 Å². The summed E-state index contributed by atoms with van der Waals surface area (Å²) in [5.41, 5.74) is 1.01. The number of likely N-dealkylation sites (tertiary alicyclic amines) is 1. The highest BCUT2D eigenvalue weighted by Crippen LogP contribution is 2.19. The van der Waals surface area contributed by atoms with Crippen molar-refractivity contribution in [1.29, 1.82) is 0 Å². The normalized spacial score (nSPS) is 21.6. The summed E-state index contributed by atoms with van der Waals surface area (Å²) in [5.74, 6) is 0.408. The molecule has 1 atom stereocenters. The number of carbonyl (C=O) groups excluding carboxylic acids is 1. The lowest BCUT2D eigenvalue weighted by molar-refractivity contribution is -0.129. The van der Waals surface area contributed by atoms with E-state index in [1.54, 1.807) is 11.1 Å². The smallest absolute Gasteiger partial charge is 0.225 e. The minimum absolute atomic E-state index is 0.148. The summed E-state index contributed by atoms with van der Waals surface area (Å²) in [4.78, 5) is 17.6. The Labute approximate surface area is 83.8 Å². The molecule has 0 spiro atoms. The van der Waals surface area contributed by atoms with E-state index in [0.29, 0.717) is 0 Å². The molecule has 0 aromatic carbocycles. The second-order valence-corrected chi connectivity index (χ2v) is 3.77. The van der Waals surface area contributed by atoms with E-state index in [4.69, 9.17) is 0 Å². The quantitative estimate of drug-likeness (QED) is 0.699. The molecule has 1 aliphatic heterocycles. The largest absolute Gasteiger partial charge is 0.345 e. The number of nitrogens with zero attached hydrogens (tertiary/aromatic N) is 2. The first-order valence-electron chi connectivity index (χ1n) is 4.92. The summed E-state index contributed by atoms with van der Waals surface area (Å²) < 4.78 is 0. The molecule has 0 N–H and O–H groups in total. The molecule has 0 bridgehead atoms. The van der Waals surface area contributed by atoms with E-state index >= 15 is 0 Å². The molecule has 3 nitrogen and oxygen atoms in total. The number of hydrogen-bond donors (Lipinski definition) is 0. The molecule has 0 saturated carbocycles. The topological polar surface area (TPSA) is 33.2 Å². The number of amides is 1. The van der Waals surface area contributed by atoms with Crippen molar-refractivity contribution >= 4 is 5.91 Å². The van der Waals surface area contributed by atoms with Crippen LogP contribution in [0.1, 0.15) is 12.1 Å². The highest BCUT2D eigenvalue weighted by atomic mass is 16.2. The van der Waals surface area contributed by atoms with Gasteiger partial charge in [0.05, 0.1) is 0 Å². The van der Waals surface area contributed by atoms with Crippen LogP contribution in [-0.4, -0.2) is 29.4 Å². The van der Waals surface area contributed by atoms with Crippen LogP contribution in [0.2, 0.25) is 0 Å². The average molecular weight is 190 g/mol. The number of carbonyl (C=O) groups is 1. The Morgan fingerprint density at radius 2 is 2.43 bits per heavy atom. The van der Waals surface area contributed by atoms with Crippen molar-refractivity contribution in [2.45, 2.75) is 12.8 Å². The van der Waals surface area contributed by atoms with Crippen molar-refractivity contribution in [2.75, 3.05) is 13.6 Å². The second kappa shape index (κ2) is 3.78. The Morgan fingerprint density at radius 3 is 3.00 bits per heavy atom. The van der Waals surface area contributed by atoms with Gasteiger partial charge in [0.1, 0.15) is 0 Å². The third-order valence-corrected chi connectivity index (χ3v) is 2.72. The maximum Gasteiger partial charge on any atom is 0.225 e. The van der Waals surface area contributed by atoms with Gasteiger partial charge in [0, 0.05) is 37.8 Å². The van der Waals surface area contributed by atoms with Gasteiger partial charge in [-0.15, -0.1) is 0 Å². The molecular weight excluding hydrogens is 176 g/mol. The molecule has 74 valence electrons. The Balaban J connectivity index is 2.02. The third kappa shape index (κ3) is 1.76. The highest BCUT2D eigenvalue weighted by Gasteiger charge is 2.28. The van der Waals surface area contributed by atoms with Crippen LogP contribution >= 0.6 is 0 Å². The summed E-state index contributed by atoms with van der Waals surface area (Å²) in [7, 11) is 1.86. The van der Waals surface area contributed by atoms with Crippen LogP contribution in [0, 0.1) is 5.92 Å². The van der Waals surface area contributed by atoms with Gasteiger partial charge in [0.25, 0.3) is 0 Å². The number of pyridine rings is 1. The number of hydrogen-bond acceptors (Lipinski definition) is 2. The van der Waals surface area contributed by atoms with Crippen LogP contribution in [0.4, 0.5) is 0 Å². The minimum atomic E-state index is 0.148. The standard InChI is InChI=1S/C11H14N2O/c1-13-7-5-9(11(13)14)8-10-4-2-3-6-12-10/h2-4,6,9H,5,7-8H2,1H3. The van der Waals surface area contributed by atoms with Gasteiger partial charge < -0.3 is 4.90 Å². The Morgan fingerprint density at radius 1 is 1.57 bits per heavy atom. The minimum Gasteiger partial charge on any atom is -0.345 e. The summed E-state index contributed by atoms with van der Waals surface area (Å²) >= 11 is 0. The lowest BCUT2D eigenvalue weighted by Crippen LogP contribution is -2.23. The lowest BCUT2D eigenvalue weighted by Gasteiger charge is -2.09. The fraction of sp³-hybridized carbons (Fsp3) is 0.455. The summed E-state index contributed by atoms with van der Waals surface area (Å²) in [6.45, 7) is 0.885. The Bertz CT molecular complexity index is 323. The summed E-state index contributed by atoms with van der Waals surface area (Å²) in [6.07, 6.45) is 3.52. The first-order valence-corrected chi connectivity index (χ1v) is 4.92. The lowest BCUT2D eigenvalue weighted by atomic mass is 10.0. The number of rotatable bonds is 2. The molecule has 0 aliphatic carbocycles. The predicted octanol–water partition coefficient (Wildman–Crippen LogP) is 1.10. The molecule has 1 aromatic heterocycles. The van der Waals surface area contributed by atoms with Crippen LogP contribution in [0.15, 0.2) is 24.4 Å². The van der Waals surface area contributed by atoms with Gasteiger partial charge in [-0.05, 0) is 18.6 Å². The van der Waals surface area contributed by atoms with Crippen LogP contribution in [0.25, 0.3) is 0 Å². The molecule has 2 heterocycles. The van der Waals surface area contributed by atoms with Gasteiger partial charge in [-0.3, -0.25) is 9.78 Å². The molecule has 0 radical (unpaired) electrons. The molecule has 1 saturated heterocycles. The van der Waals surface area contributed by atoms with Crippen molar-refractivity contribution in [3.8, 4) is 0 Å². The first kappa shape index (κ1) is 9.19. The molecule has 3 heteroatoms. The fourth-order valence-corrected chi connectivity index (χ4v) is 1.86. The SMILES string of the molecule is CN1CCC(Cc2ccccn2)C1=O. The highest BCUT2D eigenvalue weighted by molar-refractivity contribution is 5.80. The van der Waals surface area contributed by atoms with E-state index in [0.717, 1.165) is 25.1 Å². The van der Waals surface area contributed by atoms with Crippen LogP contribution < -0.4 is 0 Å². The third-order valence-electron chi connectivity index (χ3n) is 2.72. The molecule has 1 aliphatic rings. The van der Waals surface area contributed by atoms with Gasteiger partial charge in [0.2, 0.25) is 5.91 Å². The van der Waals surface area contributed by atoms with Crippen LogP contribution in [-0.2, 0) is 11.2 Å². The zero-order chi connectivity index (χ0) is 9.97. The van der Waals surface area contributed by atoms with Gasteiger partial charge in [-0.1, -0.05) is 6.07 Å². The Hall–Kier alpha value is -1.38. The van der Waals surface area contributed by atoms with E-state index in [-0.39, 0.29) is 11.8 Å². The van der Waals surface area contributed by atoms with E-state index in [2.05, 4.69) is 4.98 Å². The summed E-state index contributed by atoms with van der Waals surface area (Å²) in [6, 6.07) is 5.84. The number of aromatic nitrogens is 1. The molecule has 1 fully saturated rings. The van der Waals surface area contributed by atoms with Crippen molar-refractivity contribution < 1.29 is 4.79 Å². The van der Waals surface area contributed by atoms with E-state index in [1.807, 2.05) is 25.2 Å². The van der Waals surface area contributed by atoms with Gasteiger partial charge in [-0.25, -0.2) is 0 Å². The van der Waals surface area contributed by atoms with E-state index in [1.165, 1.54) is 0 Å². The van der Waals surface area contributed by atoms with Gasteiger partial charge >= 0.3 is 0 Å². The maximum atomic E-state index is 11.6. The monoisotopic (exact) mass is 190 g/mol. The average Bonchev–Trinajstić information content (AvgIpc) is 2.52. The van der Waals surface area contributed by atoms with Crippen molar-refractivity contribution in [1.82, 2.24) is 9.88 Å². The van der Waals surface area contributed by atoms with E-state index < -0.39 is 0 Å². The van der Waals surface area contributed by atoms with Crippen molar-refractivity contribution in [3.63, 3.8) is 0 Å². The Kier molecular flexibility index (Phi) is 2.48. The molecule has 1 aromatic rings.